The summed E-state index contributed by atoms with van der Waals surface area (Å²) in [6, 6.07) is 0. The van der Waals surface area contributed by atoms with Gasteiger partial charge < -0.3 is 19.1 Å². The highest BCUT2D eigenvalue weighted by atomic mass is 16.6. The molecule has 0 spiro atoms. The number of carbonyl (C=O) groups is 2. The summed E-state index contributed by atoms with van der Waals surface area (Å²) >= 11 is 0. The summed E-state index contributed by atoms with van der Waals surface area (Å²) in [4.78, 5) is 24.2. The molecule has 0 amide bonds. The van der Waals surface area contributed by atoms with Crippen molar-refractivity contribution >= 4 is 11.9 Å². The molecule has 0 rings (SSSR count). The molecule has 0 aromatic carbocycles. The predicted molar refractivity (Wildman–Crippen MR) is 114 cm³/mol. The molecule has 0 N–H and O–H groups in total. The fourth-order valence-corrected chi connectivity index (χ4v) is 3.19. The van der Waals surface area contributed by atoms with Gasteiger partial charge in [-0.25, -0.2) is 0 Å². The van der Waals surface area contributed by atoms with E-state index in [1.807, 2.05) is 35.0 Å². The van der Waals surface area contributed by atoms with E-state index in [0.29, 0.717) is 24.1 Å². The molecule has 0 radical (unpaired) electrons. The second-order valence-electron chi connectivity index (χ2n) is 9.49. The zero-order valence-corrected chi connectivity index (χ0v) is 19.5. The average molecular weight is 416 g/mol. The van der Waals surface area contributed by atoms with Crippen molar-refractivity contribution in [1.82, 2.24) is 0 Å². The summed E-state index contributed by atoms with van der Waals surface area (Å²) in [6.07, 6.45) is 9.74. The summed E-state index contributed by atoms with van der Waals surface area (Å²) in [6.45, 7) is 5.00. The van der Waals surface area contributed by atoms with E-state index in [1.54, 1.807) is 0 Å². The lowest BCUT2D eigenvalue weighted by Gasteiger charge is -2.28. The van der Waals surface area contributed by atoms with E-state index in [1.165, 1.54) is 19.3 Å². The molecule has 0 saturated heterocycles. The number of carbonyl (C=O) groups excluding carboxylic acids is 2. The van der Waals surface area contributed by atoms with Crippen LogP contribution in [0.4, 0.5) is 0 Å². The van der Waals surface area contributed by atoms with Crippen LogP contribution >= 0.6 is 0 Å². The summed E-state index contributed by atoms with van der Waals surface area (Å²) in [7, 11) is 6.04. The first kappa shape index (κ1) is 27.9. The van der Waals surface area contributed by atoms with Gasteiger partial charge >= 0.3 is 11.9 Å². The Hall–Kier alpha value is -1.14. The van der Waals surface area contributed by atoms with Gasteiger partial charge in [0.25, 0.3) is 0 Å². The highest BCUT2D eigenvalue weighted by molar-refractivity contribution is 5.72. The van der Waals surface area contributed by atoms with Crippen LogP contribution in [0, 0.1) is 5.92 Å². The Balaban J connectivity index is 3.96. The van der Waals surface area contributed by atoms with Crippen LogP contribution in [-0.4, -0.2) is 63.4 Å². The van der Waals surface area contributed by atoms with Crippen LogP contribution in [0.5, 0.6) is 0 Å². The Morgan fingerprint density at radius 1 is 0.793 bits per heavy atom. The monoisotopic (exact) mass is 415 g/mol. The van der Waals surface area contributed by atoms with Gasteiger partial charge in [0.05, 0.1) is 34.2 Å². The second-order valence-corrected chi connectivity index (χ2v) is 9.49. The molecule has 0 aliphatic carbocycles. The van der Waals surface area contributed by atoms with Gasteiger partial charge in [-0.1, -0.05) is 65.2 Å². The topological polar surface area (TPSA) is 75.7 Å². The maximum atomic E-state index is 12.2. The molecule has 0 aromatic rings. The van der Waals surface area contributed by atoms with Crippen molar-refractivity contribution in [3.63, 3.8) is 0 Å². The van der Waals surface area contributed by atoms with E-state index >= 15 is 0 Å². The molecule has 0 aromatic heterocycles. The van der Waals surface area contributed by atoms with Crippen molar-refractivity contribution in [3.8, 4) is 0 Å². The molecule has 1 atom stereocenters. The predicted octanol–water partition coefficient (Wildman–Crippen LogP) is 3.46. The molecule has 0 aliphatic heterocycles. The molecule has 0 fully saturated rings. The maximum absolute atomic E-state index is 12.2. The van der Waals surface area contributed by atoms with Gasteiger partial charge in [-0.3, -0.25) is 9.59 Å². The van der Waals surface area contributed by atoms with Crippen LogP contribution in [-0.2, 0) is 19.1 Å². The third-order valence-corrected chi connectivity index (χ3v) is 4.57. The number of likely N-dealkylation sites (N-methyl/N-ethyl adjacent to an activating group) is 1. The van der Waals surface area contributed by atoms with Crippen molar-refractivity contribution in [1.29, 1.82) is 0 Å². The first-order chi connectivity index (χ1) is 13.6. The number of quaternary nitrogens is 1. The van der Waals surface area contributed by atoms with Crippen LogP contribution < -0.4 is 5.11 Å². The van der Waals surface area contributed by atoms with Crippen LogP contribution in [0.1, 0.15) is 84.5 Å². The summed E-state index contributed by atoms with van der Waals surface area (Å²) in [5.41, 5.74) is 0. The van der Waals surface area contributed by atoms with Gasteiger partial charge in [0.15, 0.2) is 6.10 Å². The van der Waals surface area contributed by atoms with Crippen molar-refractivity contribution in [2.75, 3.05) is 40.9 Å². The summed E-state index contributed by atoms with van der Waals surface area (Å²) < 4.78 is 11.5. The highest BCUT2D eigenvalue weighted by Gasteiger charge is 2.25. The molecule has 6 heteroatoms. The van der Waals surface area contributed by atoms with Crippen LogP contribution in [0.25, 0.3) is 0 Å². The van der Waals surface area contributed by atoms with Gasteiger partial charge in [0.1, 0.15) is 6.54 Å². The Kier molecular flexibility index (Phi) is 16.0. The van der Waals surface area contributed by atoms with Crippen molar-refractivity contribution in [3.05, 3.63) is 0 Å². The van der Waals surface area contributed by atoms with Crippen LogP contribution in [0.2, 0.25) is 0 Å². The van der Waals surface area contributed by atoms with E-state index in [2.05, 4.69) is 0 Å². The third kappa shape index (κ3) is 19.9. The first-order valence-electron chi connectivity index (χ1n) is 11.4. The number of unbranched alkanes of at least 4 members (excludes halogenated alkanes) is 8. The number of hydrogen-bond donors (Lipinski definition) is 0. The van der Waals surface area contributed by atoms with E-state index in [9.17, 15) is 14.7 Å². The third-order valence-electron chi connectivity index (χ3n) is 4.57. The van der Waals surface area contributed by atoms with Crippen molar-refractivity contribution < 1.29 is 28.7 Å². The highest BCUT2D eigenvalue weighted by Crippen LogP contribution is 2.12. The SMILES string of the molecule is CC(C)CC(=O)O[C@H](CC(=O)OCCCCCCCCCCC[O-])C[N+](C)(C)C. The molecular formula is C23H45NO5. The quantitative estimate of drug-likeness (QED) is 0.195. The maximum Gasteiger partial charge on any atom is 0.309 e. The lowest BCUT2D eigenvalue weighted by Crippen LogP contribution is -2.44. The molecule has 0 heterocycles. The number of rotatable bonds is 18. The molecule has 0 bridgehead atoms. The van der Waals surface area contributed by atoms with E-state index in [4.69, 9.17) is 9.47 Å². The molecule has 172 valence electrons. The Bertz CT molecular complexity index is 431. The van der Waals surface area contributed by atoms with Crippen LogP contribution in [0.3, 0.4) is 0 Å². The number of esters is 2. The molecular weight excluding hydrogens is 370 g/mol. The van der Waals surface area contributed by atoms with Crippen LogP contribution in [0.15, 0.2) is 0 Å². The normalized spacial score (nSPS) is 12.8. The van der Waals surface area contributed by atoms with E-state index < -0.39 is 6.10 Å². The smallest absolute Gasteiger partial charge is 0.309 e. The van der Waals surface area contributed by atoms with E-state index in [0.717, 1.165) is 38.5 Å². The Labute approximate surface area is 178 Å². The zero-order chi connectivity index (χ0) is 22.1. The molecule has 29 heavy (non-hydrogen) atoms. The Morgan fingerprint density at radius 2 is 1.31 bits per heavy atom. The summed E-state index contributed by atoms with van der Waals surface area (Å²) in [5.74, 6) is -0.310. The van der Waals surface area contributed by atoms with Crippen molar-refractivity contribution in [2.24, 2.45) is 5.92 Å². The van der Waals surface area contributed by atoms with E-state index in [-0.39, 0.29) is 30.9 Å². The lowest BCUT2D eigenvalue weighted by molar-refractivity contribution is -0.873. The molecule has 0 aliphatic rings. The van der Waals surface area contributed by atoms with Gasteiger partial charge in [-0.2, -0.15) is 0 Å². The summed E-state index contributed by atoms with van der Waals surface area (Å²) in [5, 5.41) is 10.4. The number of nitrogens with zero attached hydrogens (tertiary/aromatic N) is 1. The standard InChI is InChI=1S/C23H45NO5/c1-20(2)17-23(27)29-21(19-24(3,4)5)18-22(26)28-16-14-12-10-8-6-7-9-11-13-15-25/h20-21H,6-19H2,1-5H3/t21-/m1/s1. The average Bonchev–Trinajstić information content (AvgIpc) is 2.57. The minimum atomic E-state index is -0.449. The minimum absolute atomic E-state index is 0.0508. The van der Waals surface area contributed by atoms with Gasteiger partial charge in [0, 0.05) is 6.42 Å². The largest absolute Gasteiger partial charge is 0.854 e. The fraction of sp³-hybridized carbons (Fsp3) is 0.913. The molecule has 0 unspecified atom stereocenters. The number of ether oxygens (including phenoxy) is 2. The minimum Gasteiger partial charge on any atom is -0.854 e. The van der Waals surface area contributed by atoms with Crippen molar-refractivity contribution in [2.45, 2.75) is 90.6 Å². The Morgan fingerprint density at radius 3 is 1.79 bits per heavy atom. The van der Waals surface area contributed by atoms with Gasteiger partial charge in [-0.05, 0) is 12.3 Å². The molecule has 0 saturated carbocycles. The second kappa shape index (κ2) is 16.6. The first-order valence-corrected chi connectivity index (χ1v) is 11.4. The number of hydrogen-bond acceptors (Lipinski definition) is 5. The molecule has 6 nitrogen and oxygen atoms in total. The van der Waals surface area contributed by atoms with Gasteiger partial charge in [0.2, 0.25) is 0 Å². The lowest BCUT2D eigenvalue weighted by atomic mass is 10.1. The zero-order valence-electron chi connectivity index (χ0n) is 19.5. The van der Waals surface area contributed by atoms with Gasteiger partial charge in [-0.15, -0.1) is 6.61 Å². The fourth-order valence-electron chi connectivity index (χ4n) is 3.19.